The highest BCUT2D eigenvalue weighted by atomic mass is 16.6. The number of ether oxygens (including phenoxy) is 2. The third kappa shape index (κ3) is 3.40. The summed E-state index contributed by atoms with van der Waals surface area (Å²) in [6.07, 6.45) is 0.164. The fourth-order valence-electron chi connectivity index (χ4n) is 2.65. The van der Waals surface area contributed by atoms with E-state index in [-0.39, 0.29) is 12.7 Å². The zero-order chi connectivity index (χ0) is 16.9. The number of carbonyl (C=O) groups excluding carboxylic acids is 2. The Kier molecular flexibility index (Phi) is 4.79. The molecule has 0 aliphatic carbocycles. The van der Waals surface area contributed by atoms with Gasteiger partial charge in [-0.25, -0.2) is 9.59 Å². The molecule has 24 heavy (non-hydrogen) atoms. The van der Waals surface area contributed by atoms with Gasteiger partial charge in [0.1, 0.15) is 6.61 Å². The van der Waals surface area contributed by atoms with Crippen LogP contribution in [0, 0.1) is 0 Å². The minimum absolute atomic E-state index is 0.236. The van der Waals surface area contributed by atoms with Crippen LogP contribution in [0.25, 0.3) is 0 Å². The lowest BCUT2D eigenvalue weighted by atomic mass is 10.0. The van der Waals surface area contributed by atoms with Crippen molar-refractivity contribution in [3.8, 4) is 0 Å². The number of hydrogen-bond acceptors (Lipinski definition) is 5. The molecule has 2 heterocycles. The van der Waals surface area contributed by atoms with Crippen LogP contribution in [0.1, 0.15) is 34.2 Å². The maximum absolute atomic E-state index is 12.2. The summed E-state index contributed by atoms with van der Waals surface area (Å²) in [5, 5.41) is 6.85. The van der Waals surface area contributed by atoms with Crippen LogP contribution in [0.2, 0.25) is 0 Å². The fraction of sp³-hybridized carbons (Fsp3) is 0.353. The minimum atomic E-state index is -0.435. The SMILES string of the molecule is CCOC(=O)c1n[nH]c2c1CCN(C(=O)OCc1ccccc1)C2. The van der Waals surface area contributed by atoms with E-state index in [1.54, 1.807) is 11.8 Å². The van der Waals surface area contributed by atoms with Crippen LogP contribution < -0.4 is 0 Å². The summed E-state index contributed by atoms with van der Waals surface area (Å²) >= 11 is 0. The molecule has 0 saturated heterocycles. The van der Waals surface area contributed by atoms with Gasteiger partial charge in [0.25, 0.3) is 0 Å². The fourth-order valence-corrected chi connectivity index (χ4v) is 2.65. The second-order valence-corrected chi connectivity index (χ2v) is 5.46. The summed E-state index contributed by atoms with van der Waals surface area (Å²) in [5.74, 6) is -0.435. The van der Waals surface area contributed by atoms with Gasteiger partial charge in [-0.15, -0.1) is 0 Å². The normalized spacial score (nSPS) is 13.3. The van der Waals surface area contributed by atoms with Gasteiger partial charge in [0.15, 0.2) is 5.69 Å². The van der Waals surface area contributed by atoms with Crippen LogP contribution in [0.3, 0.4) is 0 Å². The molecule has 126 valence electrons. The van der Waals surface area contributed by atoms with E-state index in [0.717, 1.165) is 16.8 Å². The number of aromatic amines is 1. The highest BCUT2D eigenvalue weighted by Crippen LogP contribution is 2.21. The number of carbonyl (C=O) groups is 2. The number of amides is 1. The lowest BCUT2D eigenvalue weighted by Gasteiger charge is -2.26. The van der Waals surface area contributed by atoms with E-state index in [2.05, 4.69) is 10.2 Å². The number of nitrogens with zero attached hydrogens (tertiary/aromatic N) is 2. The molecule has 2 aromatic rings. The van der Waals surface area contributed by atoms with E-state index in [0.29, 0.717) is 31.8 Å². The van der Waals surface area contributed by atoms with Gasteiger partial charge in [0, 0.05) is 12.1 Å². The van der Waals surface area contributed by atoms with Crippen molar-refractivity contribution in [2.24, 2.45) is 0 Å². The monoisotopic (exact) mass is 329 g/mol. The van der Waals surface area contributed by atoms with E-state index in [1.807, 2.05) is 30.3 Å². The highest BCUT2D eigenvalue weighted by molar-refractivity contribution is 5.89. The molecule has 1 aliphatic rings. The van der Waals surface area contributed by atoms with Crippen LogP contribution in [0.5, 0.6) is 0 Å². The number of aromatic nitrogens is 2. The van der Waals surface area contributed by atoms with Gasteiger partial charge in [-0.3, -0.25) is 5.10 Å². The number of H-pyrrole nitrogens is 1. The predicted octanol–water partition coefficient (Wildman–Crippen LogP) is 2.28. The molecule has 1 N–H and O–H groups in total. The van der Waals surface area contributed by atoms with Crippen molar-refractivity contribution in [2.75, 3.05) is 13.2 Å². The predicted molar refractivity (Wildman–Crippen MR) is 85.3 cm³/mol. The molecule has 1 aromatic carbocycles. The Morgan fingerprint density at radius 1 is 1.25 bits per heavy atom. The van der Waals surface area contributed by atoms with Gasteiger partial charge in [-0.05, 0) is 18.9 Å². The summed E-state index contributed by atoms with van der Waals surface area (Å²) in [5.41, 5.74) is 2.82. The molecule has 0 radical (unpaired) electrons. The number of hydrogen-bond donors (Lipinski definition) is 1. The van der Waals surface area contributed by atoms with Crippen molar-refractivity contribution in [1.29, 1.82) is 0 Å². The first-order chi connectivity index (χ1) is 11.7. The van der Waals surface area contributed by atoms with Crippen molar-refractivity contribution in [2.45, 2.75) is 26.5 Å². The second kappa shape index (κ2) is 7.16. The van der Waals surface area contributed by atoms with Crippen molar-refractivity contribution >= 4 is 12.1 Å². The van der Waals surface area contributed by atoms with Crippen molar-refractivity contribution in [1.82, 2.24) is 15.1 Å². The number of rotatable bonds is 4. The summed E-state index contributed by atoms with van der Waals surface area (Å²) < 4.78 is 10.3. The van der Waals surface area contributed by atoms with Gasteiger partial charge >= 0.3 is 12.1 Å². The molecule has 0 atom stereocenters. The number of fused-ring (bicyclic) bond motifs is 1. The van der Waals surface area contributed by atoms with Crippen LogP contribution in [0.15, 0.2) is 30.3 Å². The molecule has 3 rings (SSSR count). The molecule has 1 aromatic heterocycles. The minimum Gasteiger partial charge on any atom is -0.461 e. The van der Waals surface area contributed by atoms with Crippen LogP contribution in [-0.2, 0) is 29.0 Å². The lowest BCUT2D eigenvalue weighted by Crippen LogP contribution is -2.36. The maximum atomic E-state index is 12.2. The van der Waals surface area contributed by atoms with Crippen molar-refractivity contribution in [3.05, 3.63) is 52.8 Å². The molecule has 0 saturated carbocycles. The third-order valence-corrected chi connectivity index (χ3v) is 3.87. The Morgan fingerprint density at radius 3 is 2.79 bits per heavy atom. The first-order valence-corrected chi connectivity index (χ1v) is 7.88. The van der Waals surface area contributed by atoms with E-state index < -0.39 is 5.97 Å². The zero-order valence-electron chi connectivity index (χ0n) is 13.4. The maximum Gasteiger partial charge on any atom is 0.410 e. The summed E-state index contributed by atoms with van der Waals surface area (Å²) in [4.78, 5) is 25.6. The van der Waals surface area contributed by atoms with Gasteiger partial charge < -0.3 is 14.4 Å². The van der Waals surface area contributed by atoms with E-state index in [9.17, 15) is 9.59 Å². The summed E-state index contributed by atoms with van der Waals surface area (Å²) in [6, 6.07) is 9.52. The third-order valence-electron chi connectivity index (χ3n) is 3.87. The standard InChI is InChI=1S/C17H19N3O4/c1-2-23-16(21)15-13-8-9-20(10-14(13)18-19-15)17(22)24-11-12-6-4-3-5-7-12/h3-7H,2,8-11H2,1H3,(H,18,19). The number of benzene rings is 1. The Bertz CT molecular complexity index is 727. The Hall–Kier alpha value is -2.83. The molecule has 0 fully saturated rings. The van der Waals surface area contributed by atoms with Crippen LogP contribution in [0.4, 0.5) is 4.79 Å². The van der Waals surface area contributed by atoms with Crippen LogP contribution in [-0.4, -0.2) is 40.3 Å². The van der Waals surface area contributed by atoms with Gasteiger partial charge in [0.2, 0.25) is 0 Å². The second-order valence-electron chi connectivity index (χ2n) is 5.46. The van der Waals surface area contributed by atoms with E-state index in [4.69, 9.17) is 9.47 Å². The van der Waals surface area contributed by atoms with Crippen molar-refractivity contribution < 1.29 is 19.1 Å². The molecule has 7 nitrogen and oxygen atoms in total. The Balaban J connectivity index is 1.61. The molecule has 7 heteroatoms. The largest absolute Gasteiger partial charge is 0.461 e. The topological polar surface area (TPSA) is 84.5 Å². The molecule has 0 spiro atoms. The molecule has 0 bridgehead atoms. The highest BCUT2D eigenvalue weighted by Gasteiger charge is 2.28. The Morgan fingerprint density at radius 2 is 2.04 bits per heavy atom. The number of nitrogens with one attached hydrogen (secondary N) is 1. The molecule has 1 amide bonds. The van der Waals surface area contributed by atoms with Crippen LogP contribution >= 0.6 is 0 Å². The van der Waals surface area contributed by atoms with E-state index >= 15 is 0 Å². The first kappa shape index (κ1) is 16.0. The Labute approximate surface area is 139 Å². The zero-order valence-corrected chi connectivity index (χ0v) is 13.4. The van der Waals surface area contributed by atoms with Crippen molar-refractivity contribution in [3.63, 3.8) is 0 Å². The van der Waals surface area contributed by atoms with Gasteiger partial charge in [-0.1, -0.05) is 30.3 Å². The molecule has 1 aliphatic heterocycles. The average Bonchev–Trinajstić information content (AvgIpc) is 3.04. The number of esters is 1. The summed E-state index contributed by atoms with van der Waals surface area (Å²) in [6.45, 7) is 3.11. The quantitative estimate of drug-likeness (QED) is 0.870. The van der Waals surface area contributed by atoms with Gasteiger partial charge in [-0.2, -0.15) is 5.10 Å². The molecular formula is C17H19N3O4. The summed E-state index contributed by atoms with van der Waals surface area (Å²) in [7, 11) is 0. The smallest absolute Gasteiger partial charge is 0.410 e. The van der Waals surface area contributed by atoms with Gasteiger partial charge in [0.05, 0.1) is 18.8 Å². The molecule has 0 unspecified atom stereocenters. The lowest BCUT2D eigenvalue weighted by molar-refractivity contribution is 0.0517. The van der Waals surface area contributed by atoms with E-state index in [1.165, 1.54) is 0 Å². The average molecular weight is 329 g/mol. The molecular weight excluding hydrogens is 310 g/mol. The first-order valence-electron chi connectivity index (χ1n) is 7.88.